The van der Waals surface area contributed by atoms with Crippen LogP contribution in [0.1, 0.15) is 24.8 Å². The highest BCUT2D eigenvalue weighted by Crippen LogP contribution is 2.27. The number of benzene rings is 2. The minimum absolute atomic E-state index is 0.316. The van der Waals surface area contributed by atoms with Crippen LogP contribution in [-0.2, 0) is 10.0 Å². The van der Waals surface area contributed by atoms with Gasteiger partial charge in [-0.3, -0.25) is 5.43 Å². The van der Waals surface area contributed by atoms with E-state index in [0.29, 0.717) is 33.2 Å². The monoisotopic (exact) mass is 494 g/mol. The normalized spacial score (nSPS) is 15.4. The second-order valence-corrected chi connectivity index (χ2v) is 10.7. The Kier molecular flexibility index (Phi) is 6.93. The third-order valence-electron chi connectivity index (χ3n) is 4.93. The predicted octanol–water partition coefficient (Wildman–Crippen LogP) is 5.74. The molecular formula is C21H20Cl2N4O2S2. The molecule has 1 aliphatic rings. The fourth-order valence-electron chi connectivity index (χ4n) is 3.27. The summed E-state index contributed by atoms with van der Waals surface area (Å²) in [5.74, 6) is 0. The quantitative estimate of drug-likeness (QED) is 0.350. The molecule has 10 heteroatoms. The summed E-state index contributed by atoms with van der Waals surface area (Å²) in [5, 5.41) is 7.75. The number of aromatic nitrogens is 1. The van der Waals surface area contributed by atoms with E-state index in [1.54, 1.807) is 53.0 Å². The SMILES string of the molecule is O=S(=O)(c1ccc(-c2csc(N/N=C\c3ccc(Cl)cc3Cl)n2)cc1)N1CCCCC1. The van der Waals surface area contributed by atoms with Crippen LogP contribution in [0.25, 0.3) is 11.3 Å². The number of nitrogens with one attached hydrogen (secondary N) is 1. The molecule has 0 amide bonds. The van der Waals surface area contributed by atoms with E-state index < -0.39 is 10.0 Å². The molecule has 0 spiro atoms. The number of thiazole rings is 1. The van der Waals surface area contributed by atoms with Crippen molar-refractivity contribution in [1.29, 1.82) is 0 Å². The fraction of sp³-hybridized carbons (Fsp3) is 0.238. The molecule has 0 atom stereocenters. The fourth-order valence-corrected chi connectivity index (χ4v) is 5.92. The largest absolute Gasteiger partial charge is 0.253 e. The minimum atomic E-state index is -3.44. The molecule has 1 N–H and O–H groups in total. The van der Waals surface area contributed by atoms with Crippen LogP contribution in [0.4, 0.5) is 5.13 Å². The zero-order valence-corrected chi connectivity index (χ0v) is 19.6. The van der Waals surface area contributed by atoms with Gasteiger partial charge in [0.2, 0.25) is 15.2 Å². The molecule has 6 nitrogen and oxygen atoms in total. The van der Waals surface area contributed by atoms with Crippen molar-refractivity contribution in [2.24, 2.45) is 5.10 Å². The number of hydrazone groups is 1. The number of halogens is 2. The first-order valence-electron chi connectivity index (χ1n) is 9.74. The van der Waals surface area contributed by atoms with Crippen molar-refractivity contribution in [1.82, 2.24) is 9.29 Å². The highest BCUT2D eigenvalue weighted by atomic mass is 35.5. The lowest BCUT2D eigenvalue weighted by atomic mass is 10.2. The molecule has 1 aliphatic heterocycles. The van der Waals surface area contributed by atoms with Crippen LogP contribution in [0.15, 0.2) is 57.8 Å². The maximum atomic E-state index is 12.8. The Balaban J connectivity index is 1.43. The third kappa shape index (κ3) is 5.27. The zero-order chi connectivity index (χ0) is 21.8. The Morgan fingerprint density at radius 2 is 1.81 bits per heavy atom. The van der Waals surface area contributed by atoms with Gasteiger partial charge in [-0.05, 0) is 37.1 Å². The average Bonchev–Trinajstić information content (AvgIpc) is 3.25. The molecular weight excluding hydrogens is 475 g/mol. The van der Waals surface area contributed by atoms with Crippen LogP contribution in [0.2, 0.25) is 10.0 Å². The van der Waals surface area contributed by atoms with Crippen molar-refractivity contribution < 1.29 is 8.42 Å². The van der Waals surface area contributed by atoms with Gasteiger partial charge >= 0.3 is 0 Å². The van der Waals surface area contributed by atoms with E-state index in [-0.39, 0.29) is 0 Å². The lowest BCUT2D eigenvalue weighted by Crippen LogP contribution is -2.35. The minimum Gasteiger partial charge on any atom is -0.253 e. The van der Waals surface area contributed by atoms with Crippen molar-refractivity contribution in [3.05, 3.63) is 63.5 Å². The summed E-state index contributed by atoms with van der Waals surface area (Å²) in [6.45, 7) is 1.18. The first-order chi connectivity index (χ1) is 14.9. The Labute approximate surface area is 195 Å². The molecule has 0 unspecified atom stereocenters. The molecule has 1 aromatic heterocycles. The number of piperidine rings is 1. The van der Waals surface area contributed by atoms with Gasteiger partial charge in [0.15, 0.2) is 0 Å². The van der Waals surface area contributed by atoms with Gasteiger partial charge in [0, 0.05) is 34.6 Å². The highest BCUT2D eigenvalue weighted by molar-refractivity contribution is 7.89. The molecule has 0 aliphatic carbocycles. The van der Waals surface area contributed by atoms with Gasteiger partial charge in [-0.2, -0.15) is 9.41 Å². The molecule has 162 valence electrons. The summed E-state index contributed by atoms with van der Waals surface area (Å²) in [7, 11) is -3.44. The van der Waals surface area contributed by atoms with Crippen LogP contribution >= 0.6 is 34.5 Å². The molecule has 31 heavy (non-hydrogen) atoms. The van der Waals surface area contributed by atoms with Gasteiger partial charge in [-0.1, -0.05) is 47.8 Å². The van der Waals surface area contributed by atoms with E-state index in [9.17, 15) is 8.42 Å². The first kappa shape index (κ1) is 22.2. The van der Waals surface area contributed by atoms with E-state index in [0.717, 1.165) is 36.1 Å². The number of rotatable bonds is 6. The molecule has 4 rings (SSSR count). The standard InChI is InChI=1S/C21H20Cl2N4O2S2/c22-17-7-4-16(19(23)12-17)13-24-26-21-25-20(14-30-21)15-5-8-18(9-6-15)31(28,29)27-10-2-1-3-11-27/h4-9,12-14H,1-3,10-11H2,(H,25,26)/b24-13-. The maximum absolute atomic E-state index is 12.8. The van der Waals surface area contributed by atoms with Crippen LogP contribution in [0.5, 0.6) is 0 Å². The summed E-state index contributed by atoms with van der Waals surface area (Å²) >= 11 is 13.4. The van der Waals surface area contributed by atoms with Crippen molar-refractivity contribution in [3.63, 3.8) is 0 Å². The molecule has 2 heterocycles. The molecule has 0 bridgehead atoms. The molecule has 0 radical (unpaired) electrons. The van der Waals surface area contributed by atoms with Gasteiger partial charge in [-0.15, -0.1) is 11.3 Å². The smallest absolute Gasteiger partial charge is 0.243 e. The lowest BCUT2D eigenvalue weighted by Gasteiger charge is -2.25. The van der Waals surface area contributed by atoms with Crippen LogP contribution < -0.4 is 5.43 Å². The number of nitrogens with zero attached hydrogens (tertiary/aromatic N) is 3. The van der Waals surface area contributed by atoms with E-state index in [2.05, 4.69) is 15.5 Å². The zero-order valence-electron chi connectivity index (χ0n) is 16.5. The maximum Gasteiger partial charge on any atom is 0.243 e. The summed E-state index contributed by atoms with van der Waals surface area (Å²) in [5.41, 5.74) is 5.21. The second kappa shape index (κ2) is 9.67. The first-order valence-corrected chi connectivity index (χ1v) is 12.8. The molecule has 2 aromatic carbocycles. The Bertz CT molecular complexity index is 1190. The van der Waals surface area contributed by atoms with Crippen LogP contribution in [0, 0.1) is 0 Å². The predicted molar refractivity (Wildman–Crippen MR) is 128 cm³/mol. The Hall–Kier alpha value is -1.97. The molecule has 3 aromatic rings. The summed E-state index contributed by atoms with van der Waals surface area (Å²) < 4.78 is 27.1. The van der Waals surface area contributed by atoms with Gasteiger partial charge < -0.3 is 0 Å². The second-order valence-electron chi connectivity index (χ2n) is 7.06. The number of anilines is 1. The van der Waals surface area contributed by atoms with E-state index >= 15 is 0 Å². The summed E-state index contributed by atoms with van der Waals surface area (Å²) in [6, 6.07) is 12.0. The van der Waals surface area contributed by atoms with Gasteiger partial charge in [0.25, 0.3) is 0 Å². The van der Waals surface area contributed by atoms with Crippen LogP contribution in [0.3, 0.4) is 0 Å². The van der Waals surface area contributed by atoms with Crippen molar-refractivity contribution in [3.8, 4) is 11.3 Å². The van der Waals surface area contributed by atoms with E-state index in [1.807, 2.05) is 5.38 Å². The van der Waals surface area contributed by atoms with Gasteiger partial charge in [-0.25, -0.2) is 13.4 Å². The van der Waals surface area contributed by atoms with E-state index in [4.69, 9.17) is 23.2 Å². The van der Waals surface area contributed by atoms with Crippen LogP contribution in [-0.4, -0.2) is 37.0 Å². The van der Waals surface area contributed by atoms with E-state index in [1.165, 1.54) is 11.3 Å². The van der Waals surface area contributed by atoms with Crippen molar-refractivity contribution in [2.45, 2.75) is 24.2 Å². The third-order valence-corrected chi connectivity index (χ3v) is 8.16. The molecule has 1 saturated heterocycles. The van der Waals surface area contributed by atoms with Gasteiger partial charge in [0.05, 0.1) is 21.8 Å². The Morgan fingerprint density at radius 1 is 1.06 bits per heavy atom. The van der Waals surface area contributed by atoms with Crippen molar-refractivity contribution in [2.75, 3.05) is 18.5 Å². The number of hydrogen-bond donors (Lipinski definition) is 1. The topological polar surface area (TPSA) is 74.7 Å². The van der Waals surface area contributed by atoms with Gasteiger partial charge in [0.1, 0.15) is 0 Å². The summed E-state index contributed by atoms with van der Waals surface area (Å²) in [4.78, 5) is 4.83. The highest BCUT2D eigenvalue weighted by Gasteiger charge is 2.25. The Morgan fingerprint density at radius 3 is 2.52 bits per heavy atom. The average molecular weight is 495 g/mol. The number of hydrogen-bond acceptors (Lipinski definition) is 6. The lowest BCUT2D eigenvalue weighted by molar-refractivity contribution is 0.346. The number of sulfonamides is 1. The molecule has 1 fully saturated rings. The summed E-state index contributed by atoms with van der Waals surface area (Å²) in [6.07, 6.45) is 4.51. The molecule has 0 saturated carbocycles. The van der Waals surface area contributed by atoms with Crippen molar-refractivity contribution >= 4 is 55.9 Å².